The van der Waals surface area contributed by atoms with Gasteiger partial charge in [-0.25, -0.2) is 0 Å². The van der Waals surface area contributed by atoms with E-state index in [-0.39, 0.29) is 23.8 Å². The van der Waals surface area contributed by atoms with E-state index in [0.717, 1.165) is 17.9 Å². The van der Waals surface area contributed by atoms with Crippen LogP contribution in [0.3, 0.4) is 0 Å². The van der Waals surface area contributed by atoms with Crippen molar-refractivity contribution >= 4 is 117 Å². The maximum Gasteiger partial charge on any atom is 0.325 e. The summed E-state index contributed by atoms with van der Waals surface area (Å²) in [6.07, 6.45) is 0.713. The van der Waals surface area contributed by atoms with Gasteiger partial charge in [-0.15, -0.1) is 0 Å². The fourth-order valence-corrected chi connectivity index (χ4v) is 9.14. The molecular weight excluding hydrogens is 882 g/mol. The van der Waals surface area contributed by atoms with E-state index in [9.17, 15) is 19.8 Å². The lowest BCUT2D eigenvalue weighted by Gasteiger charge is -2.25. The molecule has 0 bridgehead atoms. The van der Waals surface area contributed by atoms with E-state index in [4.69, 9.17) is 4.74 Å². The van der Waals surface area contributed by atoms with Gasteiger partial charge in [-0.05, 0) is 147 Å². The van der Waals surface area contributed by atoms with Crippen molar-refractivity contribution in [3.8, 4) is 11.5 Å². The number of hydrogen-bond donors (Lipinski definition) is 3. The quantitative estimate of drug-likeness (QED) is 0.224. The lowest BCUT2D eigenvalue weighted by Crippen LogP contribution is -2.51. The van der Waals surface area contributed by atoms with Crippen LogP contribution >= 0.6 is 90.4 Å². The van der Waals surface area contributed by atoms with Gasteiger partial charge in [-0.3, -0.25) is 9.59 Å². The molecule has 1 amide bonds. The molecule has 0 heterocycles. The van der Waals surface area contributed by atoms with Gasteiger partial charge in [0, 0.05) is 6.42 Å². The number of carbonyl (C=O) groups is 2. The smallest absolute Gasteiger partial charge is 0.325 e. The first-order chi connectivity index (χ1) is 14.8. The Bertz CT molecular complexity index is 980. The fourth-order valence-electron chi connectivity index (χ4n) is 2.82. The number of halogens is 4. The van der Waals surface area contributed by atoms with Crippen LogP contribution in [0.2, 0.25) is 0 Å². The molecule has 1 unspecified atom stereocenters. The number of nitrogens with one attached hydrogen (secondary N) is 1. The van der Waals surface area contributed by atoms with Crippen molar-refractivity contribution in [2.24, 2.45) is 0 Å². The molecule has 0 aromatic heterocycles. The highest BCUT2D eigenvalue weighted by Gasteiger charge is 2.27. The van der Waals surface area contributed by atoms with E-state index in [0.29, 0.717) is 13.6 Å². The Morgan fingerprint density at radius 3 is 1.91 bits per heavy atom. The normalized spacial score (nSPS) is 12.7. The molecule has 32 heavy (non-hydrogen) atoms. The van der Waals surface area contributed by atoms with Gasteiger partial charge in [0.2, 0.25) is 5.91 Å². The van der Waals surface area contributed by atoms with Crippen LogP contribution in [-0.4, -0.2) is 42.9 Å². The van der Waals surface area contributed by atoms with E-state index < -0.39 is 26.8 Å². The van der Waals surface area contributed by atoms with Gasteiger partial charge in [-0.1, -0.05) is 5.19 Å². The average molecular weight is 905 g/mol. The third-order valence-electron chi connectivity index (χ3n) is 4.26. The summed E-state index contributed by atoms with van der Waals surface area (Å²) in [4.78, 5) is 25.6. The molecule has 0 saturated heterocycles. The first-order valence-electron chi connectivity index (χ1n) is 9.63. The Labute approximate surface area is 244 Å². The highest BCUT2D eigenvalue weighted by molar-refractivity contribution is 14.1. The number of amides is 1. The summed E-state index contributed by atoms with van der Waals surface area (Å²) in [6, 6.07) is 7.42. The van der Waals surface area contributed by atoms with Crippen molar-refractivity contribution in [2.45, 2.75) is 44.9 Å². The molecule has 0 fully saturated rings. The van der Waals surface area contributed by atoms with Gasteiger partial charge >= 0.3 is 5.97 Å². The number of aryl methyl sites for hydroxylation is 1. The summed E-state index contributed by atoms with van der Waals surface area (Å²) in [5.41, 5.74) is -0.426. The van der Waals surface area contributed by atoms with Crippen LogP contribution in [0.15, 0.2) is 24.3 Å². The summed E-state index contributed by atoms with van der Waals surface area (Å²) in [7, 11) is -1.28. The second-order valence-electron chi connectivity index (χ2n) is 8.17. The molecule has 0 aliphatic carbocycles. The minimum absolute atomic E-state index is 0.218. The highest BCUT2D eigenvalue weighted by atomic mass is 127. The third kappa shape index (κ3) is 8.72. The minimum atomic E-state index is -1.28. The number of hydrogen-bond acceptors (Lipinski definition) is 5. The third-order valence-corrected chi connectivity index (χ3v) is 9.38. The van der Waals surface area contributed by atoms with Crippen LogP contribution in [0.1, 0.15) is 32.8 Å². The largest absolute Gasteiger partial charge is 0.506 e. The summed E-state index contributed by atoms with van der Waals surface area (Å²) >= 11 is 8.25. The molecule has 2 aromatic carbocycles. The molecule has 3 N–H and O–H groups in total. The van der Waals surface area contributed by atoms with Crippen molar-refractivity contribution in [1.82, 2.24) is 5.32 Å². The van der Waals surface area contributed by atoms with Crippen LogP contribution < -0.4 is 10.5 Å². The van der Waals surface area contributed by atoms with Gasteiger partial charge in [0.1, 0.15) is 22.8 Å². The van der Waals surface area contributed by atoms with Crippen molar-refractivity contribution in [2.75, 3.05) is 0 Å². The lowest BCUT2D eigenvalue weighted by atomic mass is 10.1. The summed E-state index contributed by atoms with van der Waals surface area (Å²) in [6.45, 7) is 5.39. The van der Waals surface area contributed by atoms with Gasteiger partial charge in [0.15, 0.2) is 0 Å². The SMILES string of the molecule is CC(C)(C)OC(=O)C(NC(=O)CCc1cc(I)c(O)c(I)c1)[SiH2]c1cc(I)c(O)c(I)c1. The van der Waals surface area contributed by atoms with Crippen LogP contribution in [0.4, 0.5) is 0 Å². The Morgan fingerprint density at radius 1 is 0.969 bits per heavy atom. The van der Waals surface area contributed by atoms with E-state index in [1.54, 1.807) is 20.8 Å². The van der Waals surface area contributed by atoms with E-state index in [1.807, 2.05) is 24.3 Å². The molecule has 174 valence electrons. The Balaban J connectivity index is 2.15. The Kier molecular flexibility index (Phi) is 10.8. The molecule has 6 nitrogen and oxygen atoms in total. The van der Waals surface area contributed by atoms with Gasteiger partial charge in [-0.2, -0.15) is 0 Å². The average Bonchev–Trinajstić information content (AvgIpc) is 2.66. The molecule has 0 saturated carbocycles. The number of ether oxygens (including phenoxy) is 1. The second-order valence-corrected chi connectivity index (χ2v) is 14.9. The maximum absolute atomic E-state index is 12.9. The molecule has 1 atom stereocenters. The van der Waals surface area contributed by atoms with Crippen molar-refractivity contribution in [3.63, 3.8) is 0 Å². The number of benzene rings is 2. The van der Waals surface area contributed by atoms with Gasteiger partial charge < -0.3 is 20.3 Å². The van der Waals surface area contributed by atoms with Crippen LogP contribution in [0.5, 0.6) is 11.5 Å². The zero-order valence-electron chi connectivity index (χ0n) is 17.6. The number of rotatable bonds is 7. The Hall–Kier alpha value is 0.117. The standard InChI is InChI=1S/C21H23I4NO5Si/c1-21(2,3)31-20(30)19(32-11-8-14(24)18(29)15(25)9-11)26-16(27)5-4-10-6-12(22)17(28)13(23)7-10/h6-9,19,28-29H,4-5,32H2,1-3H3,(H,26,27). The molecule has 0 aliphatic rings. The predicted molar refractivity (Wildman–Crippen MR) is 161 cm³/mol. The monoisotopic (exact) mass is 905 g/mol. The molecular formula is C21H23I4NO5Si. The van der Waals surface area contributed by atoms with Gasteiger partial charge in [0.05, 0.1) is 23.8 Å². The predicted octanol–water partition coefficient (Wildman–Crippen LogP) is 3.73. The molecule has 2 rings (SSSR count). The zero-order chi connectivity index (χ0) is 24.2. The summed E-state index contributed by atoms with van der Waals surface area (Å²) in [5.74, 6) is -0.201. The molecule has 0 spiro atoms. The first kappa shape index (κ1) is 28.4. The fraction of sp³-hybridized carbons (Fsp3) is 0.333. The maximum atomic E-state index is 12.9. The van der Waals surface area contributed by atoms with Crippen LogP contribution in [-0.2, 0) is 20.7 Å². The number of aromatic hydroxyl groups is 2. The summed E-state index contributed by atoms with van der Waals surface area (Å²) < 4.78 is 8.46. The zero-order valence-corrected chi connectivity index (χ0v) is 27.7. The Morgan fingerprint density at radius 2 is 1.44 bits per heavy atom. The lowest BCUT2D eigenvalue weighted by molar-refractivity contribution is -0.156. The van der Waals surface area contributed by atoms with E-state index >= 15 is 0 Å². The van der Waals surface area contributed by atoms with Crippen molar-refractivity contribution in [1.29, 1.82) is 0 Å². The molecule has 11 heteroatoms. The van der Waals surface area contributed by atoms with E-state index in [2.05, 4.69) is 95.7 Å². The first-order valence-corrected chi connectivity index (χ1v) is 15.5. The molecule has 2 aromatic rings. The highest BCUT2D eigenvalue weighted by Crippen LogP contribution is 2.28. The number of phenols is 2. The van der Waals surface area contributed by atoms with Crippen molar-refractivity contribution < 1.29 is 24.5 Å². The minimum Gasteiger partial charge on any atom is -0.506 e. The van der Waals surface area contributed by atoms with Crippen molar-refractivity contribution in [3.05, 3.63) is 44.1 Å². The molecule has 0 aliphatic heterocycles. The van der Waals surface area contributed by atoms with Crippen LogP contribution in [0.25, 0.3) is 0 Å². The second kappa shape index (κ2) is 12.2. The summed E-state index contributed by atoms with van der Waals surface area (Å²) in [5, 5.41) is 23.8. The van der Waals surface area contributed by atoms with E-state index in [1.165, 1.54) is 0 Å². The molecule has 0 radical (unpaired) electrons. The number of phenolic OH excluding ortho intramolecular Hbond substituents is 2. The number of esters is 1. The van der Waals surface area contributed by atoms with Gasteiger partial charge in [0.25, 0.3) is 0 Å². The topological polar surface area (TPSA) is 95.9 Å². The van der Waals surface area contributed by atoms with Crippen LogP contribution in [0, 0.1) is 14.3 Å². The number of carbonyl (C=O) groups excluding carboxylic acids is 2.